The van der Waals surface area contributed by atoms with Gasteiger partial charge in [-0.2, -0.15) is 0 Å². The van der Waals surface area contributed by atoms with Gasteiger partial charge in [0.2, 0.25) is 0 Å². The molecule has 1 N–H and O–H groups in total. The second kappa shape index (κ2) is 7.48. The normalized spacial score (nSPS) is 12.2. The third-order valence-electron chi connectivity index (χ3n) is 3.55. The van der Waals surface area contributed by atoms with E-state index in [1.54, 1.807) is 7.11 Å². The first-order valence-electron chi connectivity index (χ1n) is 7.29. The van der Waals surface area contributed by atoms with Gasteiger partial charge in [-0.15, -0.1) is 0 Å². The van der Waals surface area contributed by atoms with Crippen molar-refractivity contribution in [3.63, 3.8) is 0 Å². The molecule has 0 radical (unpaired) electrons. The van der Waals surface area contributed by atoms with Crippen LogP contribution in [-0.4, -0.2) is 13.7 Å². The zero-order valence-corrected chi connectivity index (χ0v) is 13.6. The Labute approximate surface area is 132 Å². The standard InChI is InChI=1S/C18H22ClNO/c1-4-10-20-18(14-6-5-7-16(11-14)21-3)15-9-8-13(2)17(19)12-15/h5-9,11-12,18,20H,4,10H2,1-3H3. The van der Waals surface area contributed by atoms with Gasteiger partial charge in [-0.3, -0.25) is 0 Å². The molecule has 0 aliphatic carbocycles. The summed E-state index contributed by atoms with van der Waals surface area (Å²) in [7, 11) is 1.69. The number of methoxy groups -OCH3 is 1. The van der Waals surface area contributed by atoms with E-state index < -0.39 is 0 Å². The van der Waals surface area contributed by atoms with Crippen LogP contribution in [-0.2, 0) is 0 Å². The van der Waals surface area contributed by atoms with Crippen LogP contribution in [0.15, 0.2) is 42.5 Å². The summed E-state index contributed by atoms with van der Waals surface area (Å²) in [5.41, 5.74) is 3.45. The minimum absolute atomic E-state index is 0.123. The summed E-state index contributed by atoms with van der Waals surface area (Å²) in [5, 5.41) is 4.39. The fraction of sp³-hybridized carbons (Fsp3) is 0.333. The Morgan fingerprint density at radius 1 is 1.14 bits per heavy atom. The Kier molecular flexibility index (Phi) is 5.66. The van der Waals surface area contributed by atoms with E-state index in [9.17, 15) is 0 Å². The molecule has 0 saturated heterocycles. The van der Waals surface area contributed by atoms with E-state index in [4.69, 9.17) is 16.3 Å². The Balaban J connectivity index is 2.38. The van der Waals surface area contributed by atoms with Crippen LogP contribution in [0.2, 0.25) is 5.02 Å². The molecule has 0 aliphatic rings. The largest absolute Gasteiger partial charge is 0.497 e. The first-order valence-corrected chi connectivity index (χ1v) is 7.67. The summed E-state index contributed by atoms with van der Waals surface area (Å²) in [6, 6.07) is 14.5. The van der Waals surface area contributed by atoms with E-state index in [0.717, 1.165) is 29.3 Å². The van der Waals surface area contributed by atoms with Crippen molar-refractivity contribution in [1.82, 2.24) is 5.32 Å². The molecule has 0 bridgehead atoms. The molecule has 2 nitrogen and oxygen atoms in total. The van der Waals surface area contributed by atoms with Crippen LogP contribution in [0.25, 0.3) is 0 Å². The molecule has 0 amide bonds. The van der Waals surface area contributed by atoms with Crippen molar-refractivity contribution in [2.24, 2.45) is 0 Å². The van der Waals surface area contributed by atoms with E-state index >= 15 is 0 Å². The van der Waals surface area contributed by atoms with E-state index in [1.165, 1.54) is 11.1 Å². The van der Waals surface area contributed by atoms with Gasteiger partial charge >= 0.3 is 0 Å². The van der Waals surface area contributed by atoms with Crippen molar-refractivity contribution >= 4 is 11.6 Å². The van der Waals surface area contributed by atoms with Crippen LogP contribution in [0.1, 0.15) is 36.1 Å². The molecule has 0 aromatic heterocycles. The maximum absolute atomic E-state index is 6.29. The Morgan fingerprint density at radius 3 is 2.57 bits per heavy atom. The van der Waals surface area contributed by atoms with Crippen LogP contribution >= 0.6 is 11.6 Å². The van der Waals surface area contributed by atoms with Crippen LogP contribution in [0.3, 0.4) is 0 Å². The molecule has 21 heavy (non-hydrogen) atoms. The third-order valence-corrected chi connectivity index (χ3v) is 3.96. The van der Waals surface area contributed by atoms with Gasteiger partial charge in [0.15, 0.2) is 0 Å². The van der Waals surface area contributed by atoms with E-state index in [0.29, 0.717) is 0 Å². The third kappa shape index (κ3) is 3.99. The lowest BCUT2D eigenvalue weighted by Gasteiger charge is -2.21. The van der Waals surface area contributed by atoms with Gasteiger partial charge in [0.05, 0.1) is 13.2 Å². The smallest absolute Gasteiger partial charge is 0.119 e. The summed E-state index contributed by atoms with van der Waals surface area (Å²) in [5.74, 6) is 0.869. The van der Waals surface area contributed by atoms with Crippen molar-refractivity contribution in [3.8, 4) is 5.75 Å². The molecular formula is C18H22ClNO. The highest BCUT2D eigenvalue weighted by molar-refractivity contribution is 6.31. The average Bonchev–Trinajstić information content (AvgIpc) is 2.51. The molecule has 0 saturated carbocycles. The molecule has 2 aromatic rings. The lowest BCUT2D eigenvalue weighted by atomic mass is 9.97. The molecular weight excluding hydrogens is 282 g/mol. The van der Waals surface area contributed by atoms with Gasteiger partial charge in [0, 0.05) is 5.02 Å². The lowest BCUT2D eigenvalue weighted by molar-refractivity contribution is 0.413. The Morgan fingerprint density at radius 2 is 1.90 bits per heavy atom. The number of hydrogen-bond acceptors (Lipinski definition) is 2. The molecule has 3 heteroatoms. The number of aryl methyl sites for hydroxylation is 1. The molecule has 0 heterocycles. The van der Waals surface area contributed by atoms with E-state index in [1.807, 2.05) is 25.1 Å². The minimum Gasteiger partial charge on any atom is -0.497 e. The minimum atomic E-state index is 0.123. The van der Waals surface area contributed by atoms with Crippen molar-refractivity contribution in [2.75, 3.05) is 13.7 Å². The second-order valence-corrected chi connectivity index (χ2v) is 5.58. The molecule has 112 valence electrons. The highest BCUT2D eigenvalue weighted by atomic mass is 35.5. The first-order chi connectivity index (χ1) is 10.2. The predicted octanol–water partition coefficient (Wildman–Crippen LogP) is 4.75. The Bertz CT molecular complexity index is 598. The Hall–Kier alpha value is -1.51. The van der Waals surface area contributed by atoms with Crippen LogP contribution in [0.4, 0.5) is 0 Å². The maximum atomic E-state index is 6.29. The molecule has 0 spiro atoms. The van der Waals surface area contributed by atoms with Gasteiger partial charge in [-0.1, -0.05) is 42.8 Å². The highest BCUT2D eigenvalue weighted by Gasteiger charge is 2.14. The molecule has 0 aliphatic heterocycles. The summed E-state index contributed by atoms with van der Waals surface area (Å²) < 4.78 is 5.33. The number of rotatable bonds is 6. The number of ether oxygens (including phenoxy) is 1. The quantitative estimate of drug-likeness (QED) is 0.832. The van der Waals surface area contributed by atoms with Crippen LogP contribution < -0.4 is 10.1 Å². The SMILES string of the molecule is CCCNC(c1cccc(OC)c1)c1ccc(C)c(Cl)c1. The average molecular weight is 304 g/mol. The van der Waals surface area contributed by atoms with E-state index in [-0.39, 0.29) is 6.04 Å². The van der Waals surface area contributed by atoms with Crippen LogP contribution in [0, 0.1) is 6.92 Å². The fourth-order valence-corrected chi connectivity index (χ4v) is 2.52. The second-order valence-electron chi connectivity index (χ2n) is 5.17. The molecule has 0 fully saturated rings. The number of benzene rings is 2. The summed E-state index contributed by atoms with van der Waals surface area (Å²) in [6.07, 6.45) is 1.08. The predicted molar refractivity (Wildman–Crippen MR) is 89.3 cm³/mol. The maximum Gasteiger partial charge on any atom is 0.119 e. The van der Waals surface area contributed by atoms with Gasteiger partial charge in [0.25, 0.3) is 0 Å². The first kappa shape index (κ1) is 15.9. The number of hydrogen-bond donors (Lipinski definition) is 1. The lowest BCUT2D eigenvalue weighted by Crippen LogP contribution is -2.23. The zero-order valence-electron chi connectivity index (χ0n) is 12.8. The van der Waals surface area contributed by atoms with E-state index in [2.05, 4.69) is 36.5 Å². The molecule has 2 aromatic carbocycles. The summed E-state index contributed by atoms with van der Waals surface area (Å²) in [6.45, 7) is 5.14. The van der Waals surface area contributed by atoms with Crippen molar-refractivity contribution in [2.45, 2.75) is 26.3 Å². The van der Waals surface area contributed by atoms with Crippen LogP contribution in [0.5, 0.6) is 5.75 Å². The number of nitrogens with one attached hydrogen (secondary N) is 1. The van der Waals surface area contributed by atoms with Crippen molar-refractivity contribution in [1.29, 1.82) is 0 Å². The van der Waals surface area contributed by atoms with Gasteiger partial charge in [0.1, 0.15) is 5.75 Å². The monoisotopic (exact) mass is 303 g/mol. The van der Waals surface area contributed by atoms with Crippen molar-refractivity contribution in [3.05, 3.63) is 64.2 Å². The number of halogens is 1. The fourth-order valence-electron chi connectivity index (χ4n) is 2.33. The van der Waals surface area contributed by atoms with Gasteiger partial charge in [-0.05, 0) is 54.8 Å². The molecule has 2 rings (SSSR count). The van der Waals surface area contributed by atoms with Crippen molar-refractivity contribution < 1.29 is 4.74 Å². The topological polar surface area (TPSA) is 21.3 Å². The summed E-state index contributed by atoms with van der Waals surface area (Å²) >= 11 is 6.29. The van der Waals surface area contributed by atoms with Gasteiger partial charge in [-0.25, -0.2) is 0 Å². The highest BCUT2D eigenvalue weighted by Crippen LogP contribution is 2.28. The zero-order chi connectivity index (χ0) is 15.2. The van der Waals surface area contributed by atoms with Gasteiger partial charge < -0.3 is 10.1 Å². The molecule has 1 unspecified atom stereocenters. The molecule has 1 atom stereocenters. The summed E-state index contributed by atoms with van der Waals surface area (Å²) in [4.78, 5) is 0.